The quantitative estimate of drug-likeness (QED) is 0.652. The molecule has 0 atom stereocenters. The van der Waals surface area contributed by atoms with E-state index in [0.717, 1.165) is 30.6 Å². The first kappa shape index (κ1) is 22.9. The summed E-state index contributed by atoms with van der Waals surface area (Å²) in [5.74, 6) is 0.342. The van der Waals surface area contributed by atoms with Gasteiger partial charge in [0.15, 0.2) is 0 Å². The van der Waals surface area contributed by atoms with E-state index >= 15 is 0 Å². The van der Waals surface area contributed by atoms with Gasteiger partial charge in [-0.25, -0.2) is 0 Å². The minimum atomic E-state index is -0.384. The number of nitrogens with one attached hydrogen (secondary N) is 2. The Kier molecular flexibility index (Phi) is 8.11. The highest BCUT2D eigenvalue weighted by atomic mass is 32.1. The minimum Gasteiger partial charge on any atom is -0.356 e. The van der Waals surface area contributed by atoms with E-state index in [2.05, 4.69) is 34.7 Å². The van der Waals surface area contributed by atoms with E-state index in [9.17, 15) is 14.4 Å². The lowest BCUT2D eigenvalue weighted by molar-refractivity contribution is -0.122. The van der Waals surface area contributed by atoms with E-state index in [1.165, 1.54) is 0 Å². The molecule has 31 heavy (non-hydrogen) atoms. The van der Waals surface area contributed by atoms with Crippen LogP contribution in [-0.2, 0) is 4.79 Å². The standard InChI is InChI=1S/C22H29N5O3S/c1-15(2)8-11-23-18(28)14-16-9-12-27(13-10-16)22(30)21-26-25-20(31-21)19(29)24-17-6-4-3-5-7-17/h3-7,15-16H,8-14H2,1-2H3,(H,23,28)(H,24,29). The Balaban J connectivity index is 1.45. The molecule has 1 aliphatic rings. The molecular weight excluding hydrogens is 414 g/mol. The number of carbonyl (C=O) groups is 3. The number of hydrogen-bond acceptors (Lipinski definition) is 6. The molecule has 166 valence electrons. The van der Waals surface area contributed by atoms with Crippen molar-refractivity contribution >= 4 is 34.7 Å². The zero-order valence-corrected chi connectivity index (χ0v) is 18.8. The summed E-state index contributed by atoms with van der Waals surface area (Å²) in [5.41, 5.74) is 0.658. The predicted octanol–water partition coefficient (Wildman–Crippen LogP) is 3.20. The zero-order valence-electron chi connectivity index (χ0n) is 18.0. The highest BCUT2D eigenvalue weighted by Gasteiger charge is 2.27. The number of amides is 3. The highest BCUT2D eigenvalue weighted by Crippen LogP contribution is 2.23. The summed E-state index contributed by atoms with van der Waals surface area (Å²) in [7, 11) is 0. The van der Waals surface area contributed by atoms with Gasteiger partial charge >= 0.3 is 0 Å². The molecule has 8 nitrogen and oxygen atoms in total. The molecule has 2 heterocycles. The molecule has 0 aliphatic carbocycles. The Bertz CT molecular complexity index is 892. The van der Waals surface area contributed by atoms with Gasteiger partial charge in [0, 0.05) is 31.7 Å². The van der Waals surface area contributed by atoms with E-state index in [-0.39, 0.29) is 33.7 Å². The number of aromatic nitrogens is 2. The number of nitrogens with zero attached hydrogens (tertiary/aromatic N) is 3. The van der Waals surface area contributed by atoms with Crippen LogP contribution in [-0.4, -0.2) is 52.5 Å². The monoisotopic (exact) mass is 443 g/mol. The highest BCUT2D eigenvalue weighted by molar-refractivity contribution is 7.15. The maximum Gasteiger partial charge on any atom is 0.286 e. The van der Waals surface area contributed by atoms with Crippen molar-refractivity contribution in [3.8, 4) is 0 Å². The lowest BCUT2D eigenvalue weighted by Crippen LogP contribution is -2.39. The fourth-order valence-corrected chi connectivity index (χ4v) is 4.12. The smallest absolute Gasteiger partial charge is 0.286 e. The molecule has 1 aromatic carbocycles. The van der Waals surface area contributed by atoms with Gasteiger partial charge in [0.2, 0.25) is 15.9 Å². The van der Waals surface area contributed by atoms with Crippen LogP contribution in [0.3, 0.4) is 0 Å². The molecule has 1 aliphatic heterocycles. The molecule has 9 heteroatoms. The van der Waals surface area contributed by atoms with Gasteiger partial charge in [0.25, 0.3) is 11.8 Å². The molecule has 3 rings (SSSR count). The summed E-state index contributed by atoms with van der Waals surface area (Å²) in [5, 5.41) is 13.9. The first-order valence-electron chi connectivity index (χ1n) is 10.7. The second-order valence-corrected chi connectivity index (χ2v) is 9.18. The van der Waals surface area contributed by atoms with Crippen LogP contribution in [0.4, 0.5) is 5.69 Å². The van der Waals surface area contributed by atoms with Gasteiger partial charge in [-0.15, -0.1) is 10.2 Å². The largest absolute Gasteiger partial charge is 0.356 e. The lowest BCUT2D eigenvalue weighted by Gasteiger charge is -2.31. The SMILES string of the molecule is CC(C)CCNC(=O)CC1CCN(C(=O)c2nnc(C(=O)Nc3ccccc3)s2)CC1. The summed E-state index contributed by atoms with van der Waals surface area (Å²) in [6, 6.07) is 9.06. The number of carbonyl (C=O) groups excluding carboxylic acids is 3. The van der Waals surface area contributed by atoms with Gasteiger partial charge in [-0.3, -0.25) is 14.4 Å². The van der Waals surface area contributed by atoms with Crippen molar-refractivity contribution in [1.29, 1.82) is 0 Å². The van der Waals surface area contributed by atoms with Gasteiger partial charge in [-0.2, -0.15) is 0 Å². The molecule has 2 aromatic rings. The van der Waals surface area contributed by atoms with E-state index in [1.807, 2.05) is 18.2 Å². The second-order valence-electron chi connectivity index (χ2n) is 8.20. The van der Waals surface area contributed by atoms with Crippen LogP contribution in [0.5, 0.6) is 0 Å². The maximum absolute atomic E-state index is 12.8. The van der Waals surface area contributed by atoms with Crippen LogP contribution in [0, 0.1) is 11.8 Å². The number of rotatable bonds is 8. The fourth-order valence-electron chi connectivity index (χ4n) is 3.42. The third kappa shape index (κ3) is 6.85. The van der Waals surface area contributed by atoms with Crippen molar-refractivity contribution in [1.82, 2.24) is 20.4 Å². The van der Waals surface area contributed by atoms with Gasteiger partial charge in [-0.1, -0.05) is 43.4 Å². The number of likely N-dealkylation sites (tertiary alicyclic amines) is 1. The van der Waals surface area contributed by atoms with Crippen molar-refractivity contribution in [3.05, 3.63) is 40.3 Å². The third-order valence-electron chi connectivity index (χ3n) is 5.25. The minimum absolute atomic E-state index is 0.0867. The van der Waals surface area contributed by atoms with Crippen LogP contribution in [0.2, 0.25) is 0 Å². The normalized spacial score (nSPS) is 14.5. The van der Waals surface area contributed by atoms with E-state index in [4.69, 9.17) is 0 Å². The van der Waals surface area contributed by atoms with Crippen molar-refractivity contribution in [2.24, 2.45) is 11.8 Å². The Hall–Kier alpha value is -2.81. The van der Waals surface area contributed by atoms with Crippen LogP contribution in [0.15, 0.2) is 30.3 Å². The molecular formula is C22H29N5O3S. The Morgan fingerprint density at radius 1 is 1.10 bits per heavy atom. The number of para-hydroxylation sites is 1. The maximum atomic E-state index is 12.8. The fraction of sp³-hybridized carbons (Fsp3) is 0.500. The van der Waals surface area contributed by atoms with Crippen molar-refractivity contribution < 1.29 is 14.4 Å². The number of benzene rings is 1. The summed E-state index contributed by atoms with van der Waals surface area (Å²) in [4.78, 5) is 38.9. The van der Waals surface area contributed by atoms with Gasteiger partial charge in [0.05, 0.1) is 0 Å². The van der Waals surface area contributed by atoms with E-state index in [1.54, 1.807) is 17.0 Å². The molecule has 0 unspecified atom stereocenters. The first-order chi connectivity index (χ1) is 14.9. The molecule has 1 saturated heterocycles. The van der Waals surface area contributed by atoms with Gasteiger partial charge in [-0.05, 0) is 43.2 Å². The first-order valence-corrected chi connectivity index (χ1v) is 11.5. The Morgan fingerprint density at radius 2 is 1.77 bits per heavy atom. The van der Waals surface area contributed by atoms with Crippen LogP contribution >= 0.6 is 11.3 Å². The van der Waals surface area contributed by atoms with Crippen molar-refractivity contribution in [3.63, 3.8) is 0 Å². The van der Waals surface area contributed by atoms with Crippen molar-refractivity contribution in [2.45, 2.75) is 39.5 Å². The van der Waals surface area contributed by atoms with E-state index in [0.29, 0.717) is 37.7 Å². The van der Waals surface area contributed by atoms with Crippen molar-refractivity contribution in [2.75, 3.05) is 25.0 Å². The Labute approximate surface area is 186 Å². The number of piperidine rings is 1. The molecule has 3 amide bonds. The van der Waals surface area contributed by atoms with Crippen LogP contribution in [0.1, 0.15) is 59.1 Å². The molecule has 1 aromatic heterocycles. The molecule has 1 fully saturated rings. The molecule has 0 spiro atoms. The van der Waals surface area contributed by atoms with Crippen LogP contribution in [0.25, 0.3) is 0 Å². The van der Waals surface area contributed by atoms with Gasteiger partial charge < -0.3 is 15.5 Å². The zero-order chi connectivity index (χ0) is 22.2. The second kappa shape index (κ2) is 11.0. The molecule has 0 saturated carbocycles. The Morgan fingerprint density at radius 3 is 2.45 bits per heavy atom. The molecule has 2 N–H and O–H groups in total. The van der Waals surface area contributed by atoms with E-state index < -0.39 is 0 Å². The molecule has 0 radical (unpaired) electrons. The average molecular weight is 444 g/mol. The summed E-state index contributed by atoms with van der Waals surface area (Å²) in [6.45, 7) is 6.14. The average Bonchev–Trinajstić information content (AvgIpc) is 3.25. The summed E-state index contributed by atoms with van der Waals surface area (Å²) < 4.78 is 0. The topological polar surface area (TPSA) is 104 Å². The summed E-state index contributed by atoms with van der Waals surface area (Å²) >= 11 is 0.995. The number of hydrogen-bond donors (Lipinski definition) is 2. The predicted molar refractivity (Wildman–Crippen MR) is 120 cm³/mol. The molecule has 0 bridgehead atoms. The third-order valence-corrected chi connectivity index (χ3v) is 6.16. The summed E-state index contributed by atoms with van der Waals surface area (Å²) in [6.07, 6.45) is 3.04. The van der Waals surface area contributed by atoms with Crippen LogP contribution < -0.4 is 10.6 Å². The number of anilines is 1. The lowest BCUT2D eigenvalue weighted by atomic mass is 9.93. The van der Waals surface area contributed by atoms with Gasteiger partial charge in [0.1, 0.15) is 0 Å².